The molecule has 0 spiro atoms. The van der Waals surface area contributed by atoms with Crippen LogP contribution in [-0.2, 0) is 4.79 Å². The minimum atomic E-state index is -0.781. The minimum absolute atomic E-state index is 0.00153. The van der Waals surface area contributed by atoms with Gasteiger partial charge in [0, 0.05) is 5.39 Å². The summed E-state index contributed by atoms with van der Waals surface area (Å²) >= 11 is 0. The van der Waals surface area contributed by atoms with Gasteiger partial charge in [-0.15, -0.1) is 0 Å². The number of para-hydroxylation sites is 1. The van der Waals surface area contributed by atoms with Gasteiger partial charge in [-0.05, 0) is 37.8 Å². The number of fused-ring (bicyclic) bond motifs is 1. The van der Waals surface area contributed by atoms with Crippen LogP contribution in [0.1, 0.15) is 36.6 Å². The summed E-state index contributed by atoms with van der Waals surface area (Å²) in [5.74, 6) is 0.0623. The molecule has 1 aliphatic rings. The van der Waals surface area contributed by atoms with Crippen LogP contribution in [0.15, 0.2) is 28.7 Å². The fourth-order valence-electron chi connectivity index (χ4n) is 2.76. The molecule has 0 radical (unpaired) electrons. The maximum absolute atomic E-state index is 11.1. The van der Waals surface area contributed by atoms with Gasteiger partial charge >= 0.3 is 5.97 Å². The Morgan fingerprint density at radius 3 is 3.00 bits per heavy atom. The molecule has 1 aromatic heterocycles. The summed E-state index contributed by atoms with van der Waals surface area (Å²) in [5.41, 5.74) is 2.01. The second-order valence-corrected chi connectivity index (χ2v) is 5.18. The first-order valence-corrected chi connectivity index (χ1v) is 6.63. The highest BCUT2D eigenvalue weighted by atomic mass is 16.4. The number of furan rings is 1. The standard InChI is InChI=1S/C15H17NO3/c1-9-4-2-5-10-8-13(19-14(9)10)11-6-3-7-12(16-11)15(17)18/h2,4-5,8,11-12,16H,3,6-7H2,1H3,(H,17,18). The van der Waals surface area contributed by atoms with Crippen LogP contribution in [0.5, 0.6) is 0 Å². The van der Waals surface area contributed by atoms with Crippen LogP contribution in [0.3, 0.4) is 0 Å². The second-order valence-electron chi connectivity index (χ2n) is 5.18. The highest BCUT2D eigenvalue weighted by molar-refractivity contribution is 5.81. The molecule has 1 fully saturated rings. The molecule has 4 heteroatoms. The maximum atomic E-state index is 11.1. The predicted molar refractivity (Wildman–Crippen MR) is 72.1 cm³/mol. The van der Waals surface area contributed by atoms with Gasteiger partial charge in [0.25, 0.3) is 0 Å². The number of hydrogen-bond donors (Lipinski definition) is 2. The molecular formula is C15H17NO3. The number of nitrogens with one attached hydrogen (secondary N) is 1. The lowest BCUT2D eigenvalue weighted by molar-refractivity contribution is -0.140. The Morgan fingerprint density at radius 2 is 2.26 bits per heavy atom. The van der Waals surface area contributed by atoms with Crippen molar-refractivity contribution in [1.82, 2.24) is 5.32 Å². The fourth-order valence-corrected chi connectivity index (χ4v) is 2.76. The number of carboxylic acids is 1. The Hall–Kier alpha value is -1.81. The van der Waals surface area contributed by atoms with E-state index in [1.54, 1.807) is 0 Å². The van der Waals surface area contributed by atoms with Crippen molar-refractivity contribution in [2.24, 2.45) is 0 Å². The SMILES string of the molecule is Cc1cccc2cc(C3CCCC(C(=O)O)N3)oc12. The third kappa shape index (κ3) is 2.24. The van der Waals surface area contributed by atoms with E-state index in [0.29, 0.717) is 6.42 Å². The zero-order valence-corrected chi connectivity index (χ0v) is 10.8. The van der Waals surface area contributed by atoms with Crippen LogP contribution in [-0.4, -0.2) is 17.1 Å². The molecule has 1 aromatic carbocycles. The molecule has 100 valence electrons. The Kier molecular flexibility index (Phi) is 3.03. The lowest BCUT2D eigenvalue weighted by Gasteiger charge is -2.27. The summed E-state index contributed by atoms with van der Waals surface area (Å²) in [7, 11) is 0. The predicted octanol–water partition coefficient (Wildman–Crippen LogP) is 3.01. The summed E-state index contributed by atoms with van der Waals surface area (Å²) in [5, 5.41) is 13.3. The molecule has 4 nitrogen and oxygen atoms in total. The van der Waals surface area contributed by atoms with Crippen molar-refractivity contribution in [3.05, 3.63) is 35.6 Å². The first-order valence-electron chi connectivity index (χ1n) is 6.63. The Balaban J connectivity index is 1.91. The molecule has 0 saturated carbocycles. The maximum Gasteiger partial charge on any atom is 0.320 e. The quantitative estimate of drug-likeness (QED) is 0.870. The fraction of sp³-hybridized carbons (Fsp3) is 0.400. The number of hydrogen-bond acceptors (Lipinski definition) is 3. The number of rotatable bonds is 2. The molecule has 2 atom stereocenters. The molecule has 1 aliphatic heterocycles. The Morgan fingerprint density at radius 1 is 1.42 bits per heavy atom. The molecule has 1 saturated heterocycles. The van der Waals surface area contributed by atoms with Gasteiger partial charge in [-0.3, -0.25) is 10.1 Å². The van der Waals surface area contributed by atoms with Crippen molar-refractivity contribution >= 4 is 16.9 Å². The van der Waals surface area contributed by atoms with Crippen molar-refractivity contribution in [3.8, 4) is 0 Å². The van der Waals surface area contributed by atoms with Gasteiger partial charge in [0.15, 0.2) is 0 Å². The normalized spacial score (nSPS) is 23.6. The third-order valence-electron chi connectivity index (χ3n) is 3.79. The van der Waals surface area contributed by atoms with Crippen molar-refractivity contribution < 1.29 is 14.3 Å². The van der Waals surface area contributed by atoms with E-state index in [4.69, 9.17) is 9.52 Å². The smallest absolute Gasteiger partial charge is 0.320 e. The molecular weight excluding hydrogens is 242 g/mol. The number of aliphatic carboxylic acids is 1. The van der Waals surface area contributed by atoms with Crippen LogP contribution in [0.25, 0.3) is 11.0 Å². The Bertz CT molecular complexity index is 617. The largest absolute Gasteiger partial charge is 0.480 e. The number of carboxylic acid groups (broad SMARTS) is 1. The molecule has 0 aliphatic carbocycles. The van der Waals surface area contributed by atoms with Crippen LogP contribution < -0.4 is 5.32 Å². The minimum Gasteiger partial charge on any atom is -0.480 e. The Labute approximate surface area is 111 Å². The number of carbonyl (C=O) groups is 1. The summed E-state index contributed by atoms with van der Waals surface area (Å²) in [6.45, 7) is 2.02. The topological polar surface area (TPSA) is 62.5 Å². The van der Waals surface area contributed by atoms with Crippen LogP contribution in [0.4, 0.5) is 0 Å². The highest BCUT2D eigenvalue weighted by Crippen LogP contribution is 2.31. The van der Waals surface area contributed by atoms with E-state index in [0.717, 1.165) is 35.1 Å². The van der Waals surface area contributed by atoms with Crippen LogP contribution in [0.2, 0.25) is 0 Å². The first kappa shape index (κ1) is 12.2. The van der Waals surface area contributed by atoms with Crippen LogP contribution in [0, 0.1) is 6.92 Å². The van der Waals surface area contributed by atoms with Crippen molar-refractivity contribution in [2.75, 3.05) is 0 Å². The van der Waals surface area contributed by atoms with Gasteiger partial charge < -0.3 is 9.52 Å². The highest BCUT2D eigenvalue weighted by Gasteiger charge is 2.28. The third-order valence-corrected chi connectivity index (χ3v) is 3.79. The van der Waals surface area contributed by atoms with Crippen molar-refractivity contribution in [2.45, 2.75) is 38.3 Å². The molecule has 2 N–H and O–H groups in total. The number of piperidine rings is 1. The summed E-state index contributed by atoms with van der Waals surface area (Å²) in [4.78, 5) is 11.1. The lowest BCUT2D eigenvalue weighted by Crippen LogP contribution is -2.42. The zero-order chi connectivity index (χ0) is 13.4. The van der Waals surface area contributed by atoms with Crippen molar-refractivity contribution in [3.63, 3.8) is 0 Å². The molecule has 2 aromatic rings. The van der Waals surface area contributed by atoms with E-state index in [1.807, 2.05) is 31.2 Å². The van der Waals surface area contributed by atoms with E-state index in [2.05, 4.69) is 5.32 Å². The van der Waals surface area contributed by atoms with Gasteiger partial charge in [-0.1, -0.05) is 18.2 Å². The number of aryl methyl sites for hydroxylation is 1. The summed E-state index contributed by atoms with van der Waals surface area (Å²) < 4.78 is 5.91. The monoisotopic (exact) mass is 259 g/mol. The van der Waals surface area contributed by atoms with Gasteiger partial charge in [-0.2, -0.15) is 0 Å². The van der Waals surface area contributed by atoms with E-state index >= 15 is 0 Å². The molecule has 2 unspecified atom stereocenters. The van der Waals surface area contributed by atoms with Crippen LogP contribution >= 0.6 is 0 Å². The second kappa shape index (κ2) is 4.70. The zero-order valence-electron chi connectivity index (χ0n) is 10.8. The van der Waals surface area contributed by atoms with Gasteiger partial charge in [0.05, 0.1) is 6.04 Å². The molecule has 3 rings (SSSR count). The molecule has 2 heterocycles. The van der Waals surface area contributed by atoms with Gasteiger partial charge in [0.1, 0.15) is 17.4 Å². The van der Waals surface area contributed by atoms with Crippen molar-refractivity contribution in [1.29, 1.82) is 0 Å². The number of benzene rings is 1. The molecule has 19 heavy (non-hydrogen) atoms. The molecule has 0 amide bonds. The van der Waals surface area contributed by atoms with Gasteiger partial charge in [-0.25, -0.2) is 0 Å². The van der Waals surface area contributed by atoms with Gasteiger partial charge in [0.2, 0.25) is 0 Å². The average Bonchev–Trinajstić information content (AvgIpc) is 2.84. The summed E-state index contributed by atoms with van der Waals surface area (Å²) in [6, 6.07) is 7.60. The average molecular weight is 259 g/mol. The van der Waals surface area contributed by atoms with E-state index in [-0.39, 0.29) is 6.04 Å². The summed E-state index contributed by atoms with van der Waals surface area (Å²) in [6.07, 6.45) is 2.51. The molecule has 0 bridgehead atoms. The van der Waals surface area contributed by atoms with E-state index in [1.165, 1.54) is 0 Å². The van der Waals surface area contributed by atoms with E-state index in [9.17, 15) is 4.79 Å². The van der Waals surface area contributed by atoms with E-state index < -0.39 is 12.0 Å². The first-order chi connectivity index (χ1) is 9.15. The lowest BCUT2D eigenvalue weighted by atomic mass is 9.97.